The van der Waals surface area contributed by atoms with E-state index in [1.807, 2.05) is 0 Å². The minimum atomic E-state index is -0.670. The fourth-order valence-electron chi connectivity index (χ4n) is 1.44. The van der Waals surface area contributed by atoms with Crippen molar-refractivity contribution in [3.63, 3.8) is 0 Å². The lowest BCUT2D eigenvalue weighted by molar-refractivity contribution is 0.1000. The summed E-state index contributed by atoms with van der Waals surface area (Å²) in [6.07, 6.45) is 2.60. The van der Waals surface area contributed by atoms with Gasteiger partial charge in [0.15, 0.2) is 0 Å². The van der Waals surface area contributed by atoms with Crippen molar-refractivity contribution in [2.24, 2.45) is 5.73 Å². The third-order valence-electron chi connectivity index (χ3n) is 2.26. The highest BCUT2D eigenvalue weighted by Gasteiger charge is 2.09. The predicted octanol–water partition coefficient (Wildman–Crippen LogP) is 2.13. The zero-order valence-electron chi connectivity index (χ0n) is 8.65. The van der Waals surface area contributed by atoms with Crippen molar-refractivity contribution in [2.75, 3.05) is 0 Å². The molecule has 1 heterocycles. The first-order valence-corrected chi connectivity index (χ1v) is 4.78. The van der Waals surface area contributed by atoms with Crippen LogP contribution in [0, 0.1) is 11.6 Å². The molecule has 1 amide bonds. The number of hydrogen-bond donors (Lipinski definition) is 1. The molecule has 0 aliphatic rings. The molecule has 17 heavy (non-hydrogen) atoms. The van der Waals surface area contributed by atoms with Crippen LogP contribution in [0.2, 0.25) is 0 Å². The highest BCUT2D eigenvalue weighted by molar-refractivity contribution is 5.93. The van der Waals surface area contributed by atoms with Gasteiger partial charge < -0.3 is 5.73 Å². The summed E-state index contributed by atoms with van der Waals surface area (Å²) in [5.74, 6) is -1.82. The van der Waals surface area contributed by atoms with E-state index in [1.165, 1.54) is 18.5 Å². The summed E-state index contributed by atoms with van der Waals surface area (Å²) < 4.78 is 26.5. The number of carbonyl (C=O) groups is 1. The third kappa shape index (κ3) is 2.28. The van der Waals surface area contributed by atoms with Crippen molar-refractivity contribution in [1.29, 1.82) is 0 Å². The average molecular weight is 234 g/mol. The third-order valence-corrected chi connectivity index (χ3v) is 2.26. The van der Waals surface area contributed by atoms with E-state index < -0.39 is 17.5 Å². The van der Waals surface area contributed by atoms with Crippen LogP contribution in [0.25, 0.3) is 11.1 Å². The van der Waals surface area contributed by atoms with E-state index in [0.717, 1.165) is 18.2 Å². The number of halogens is 2. The smallest absolute Gasteiger partial charge is 0.250 e. The summed E-state index contributed by atoms with van der Waals surface area (Å²) in [5, 5.41) is 0. The van der Waals surface area contributed by atoms with Crippen LogP contribution in [-0.2, 0) is 0 Å². The summed E-state index contributed by atoms with van der Waals surface area (Å²) in [5.41, 5.74) is 5.57. The van der Waals surface area contributed by atoms with E-state index in [4.69, 9.17) is 5.73 Å². The topological polar surface area (TPSA) is 56.0 Å². The van der Waals surface area contributed by atoms with Gasteiger partial charge in [-0.1, -0.05) is 0 Å². The van der Waals surface area contributed by atoms with Crippen LogP contribution in [-0.4, -0.2) is 10.9 Å². The monoisotopic (exact) mass is 234 g/mol. The van der Waals surface area contributed by atoms with E-state index in [1.54, 1.807) is 0 Å². The van der Waals surface area contributed by atoms with Crippen LogP contribution in [0.15, 0.2) is 36.7 Å². The molecule has 0 unspecified atom stereocenters. The molecule has 0 aliphatic carbocycles. The first-order valence-electron chi connectivity index (χ1n) is 4.78. The minimum absolute atomic E-state index is 0.0422. The number of amides is 1. The Labute approximate surface area is 95.9 Å². The molecule has 1 aromatic heterocycles. The fraction of sp³-hybridized carbons (Fsp3) is 0. The van der Waals surface area contributed by atoms with Gasteiger partial charge >= 0.3 is 0 Å². The number of benzene rings is 1. The van der Waals surface area contributed by atoms with Gasteiger partial charge in [-0.2, -0.15) is 0 Å². The van der Waals surface area contributed by atoms with Crippen molar-refractivity contribution in [2.45, 2.75) is 0 Å². The lowest BCUT2D eigenvalue weighted by Crippen LogP contribution is -2.11. The number of rotatable bonds is 2. The van der Waals surface area contributed by atoms with Crippen LogP contribution in [0.4, 0.5) is 8.78 Å². The second-order valence-corrected chi connectivity index (χ2v) is 3.45. The Hall–Kier alpha value is -2.30. The van der Waals surface area contributed by atoms with Crippen LogP contribution >= 0.6 is 0 Å². The van der Waals surface area contributed by atoms with Gasteiger partial charge in [0, 0.05) is 23.5 Å². The zero-order valence-corrected chi connectivity index (χ0v) is 8.65. The number of hydrogen-bond acceptors (Lipinski definition) is 2. The van der Waals surface area contributed by atoms with Crippen LogP contribution < -0.4 is 5.73 Å². The molecule has 86 valence electrons. The van der Waals surface area contributed by atoms with Gasteiger partial charge in [-0.15, -0.1) is 0 Å². The summed E-state index contributed by atoms with van der Waals surface area (Å²) in [6, 6.07) is 4.44. The minimum Gasteiger partial charge on any atom is -0.366 e. The lowest BCUT2D eigenvalue weighted by atomic mass is 10.1. The number of aromatic nitrogens is 1. The fourth-order valence-corrected chi connectivity index (χ4v) is 1.44. The highest BCUT2D eigenvalue weighted by Crippen LogP contribution is 2.23. The number of primary amides is 1. The molecule has 2 N–H and O–H groups in total. The largest absolute Gasteiger partial charge is 0.366 e. The quantitative estimate of drug-likeness (QED) is 0.865. The first-order chi connectivity index (χ1) is 8.08. The molecule has 1 aromatic carbocycles. The number of nitrogens with two attached hydrogens (primary N) is 1. The summed E-state index contributed by atoms with van der Waals surface area (Å²) in [4.78, 5) is 14.7. The van der Waals surface area contributed by atoms with Gasteiger partial charge in [0.05, 0.1) is 5.56 Å². The Morgan fingerprint density at radius 1 is 1.18 bits per heavy atom. The standard InChI is InChI=1S/C12H8F2N2O/c13-9-1-2-11(14)10(4-9)7-3-8(12(15)17)6-16-5-7/h1-6H,(H2,15,17). The predicted molar refractivity (Wildman–Crippen MR) is 58.1 cm³/mol. The normalized spacial score (nSPS) is 10.2. The van der Waals surface area contributed by atoms with Gasteiger partial charge in [-0.05, 0) is 24.3 Å². The first kappa shape index (κ1) is 11.2. The Morgan fingerprint density at radius 2 is 1.94 bits per heavy atom. The Bertz CT molecular complexity index is 584. The molecule has 0 fully saturated rings. The molecule has 3 nitrogen and oxygen atoms in total. The van der Waals surface area contributed by atoms with Crippen LogP contribution in [0.1, 0.15) is 10.4 Å². The maximum absolute atomic E-state index is 13.5. The molecule has 5 heteroatoms. The van der Waals surface area contributed by atoms with Gasteiger partial charge in [0.1, 0.15) is 11.6 Å². The van der Waals surface area contributed by atoms with Crippen LogP contribution in [0.5, 0.6) is 0 Å². The Kier molecular flexibility index (Phi) is 2.82. The molecule has 0 aliphatic heterocycles. The molecule has 0 saturated heterocycles. The summed E-state index contributed by atoms with van der Waals surface area (Å²) >= 11 is 0. The van der Waals surface area contributed by atoms with Gasteiger partial charge in [-0.25, -0.2) is 8.78 Å². The molecule has 0 radical (unpaired) electrons. The van der Waals surface area contributed by atoms with Gasteiger partial charge in [-0.3, -0.25) is 9.78 Å². The van der Waals surface area contributed by atoms with E-state index >= 15 is 0 Å². The molecule has 0 atom stereocenters. The SMILES string of the molecule is NC(=O)c1cncc(-c2cc(F)ccc2F)c1. The van der Waals surface area contributed by atoms with Crippen molar-refractivity contribution in [3.8, 4) is 11.1 Å². The van der Waals surface area contributed by atoms with Crippen molar-refractivity contribution >= 4 is 5.91 Å². The Morgan fingerprint density at radius 3 is 2.65 bits per heavy atom. The van der Waals surface area contributed by atoms with E-state index in [-0.39, 0.29) is 11.1 Å². The molecular formula is C12H8F2N2O. The molecule has 0 spiro atoms. The number of carbonyl (C=O) groups excluding carboxylic acids is 1. The molecule has 2 aromatic rings. The summed E-state index contributed by atoms with van der Waals surface area (Å²) in [7, 11) is 0. The van der Waals surface area contributed by atoms with Crippen LogP contribution in [0.3, 0.4) is 0 Å². The van der Waals surface area contributed by atoms with Crippen molar-refractivity contribution in [3.05, 3.63) is 53.9 Å². The molecule has 0 saturated carbocycles. The zero-order chi connectivity index (χ0) is 12.4. The van der Waals surface area contributed by atoms with Crippen molar-refractivity contribution in [1.82, 2.24) is 4.98 Å². The average Bonchev–Trinajstić information content (AvgIpc) is 2.32. The van der Waals surface area contributed by atoms with Gasteiger partial charge in [0.2, 0.25) is 5.91 Å². The van der Waals surface area contributed by atoms with E-state index in [2.05, 4.69) is 4.98 Å². The maximum atomic E-state index is 13.5. The number of pyridine rings is 1. The maximum Gasteiger partial charge on any atom is 0.250 e. The van der Waals surface area contributed by atoms with Gasteiger partial charge in [0.25, 0.3) is 0 Å². The lowest BCUT2D eigenvalue weighted by Gasteiger charge is -2.04. The Balaban J connectivity index is 2.56. The molecular weight excluding hydrogens is 226 g/mol. The second-order valence-electron chi connectivity index (χ2n) is 3.45. The van der Waals surface area contributed by atoms with E-state index in [0.29, 0.717) is 5.56 Å². The number of nitrogens with zero attached hydrogens (tertiary/aromatic N) is 1. The van der Waals surface area contributed by atoms with E-state index in [9.17, 15) is 13.6 Å². The highest BCUT2D eigenvalue weighted by atomic mass is 19.1. The molecule has 2 rings (SSSR count). The van der Waals surface area contributed by atoms with Crippen molar-refractivity contribution < 1.29 is 13.6 Å². The second kappa shape index (κ2) is 4.29. The summed E-state index contributed by atoms with van der Waals surface area (Å²) in [6.45, 7) is 0. The molecule has 0 bridgehead atoms.